The molecule has 0 unspecified atom stereocenters. The third-order valence-corrected chi connectivity index (χ3v) is 5.31. The van der Waals surface area contributed by atoms with Crippen LogP contribution in [0.1, 0.15) is 11.1 Å². The van der Waals surface area contributed by atoms with Gasteiger partial charge < -0.3 is 10.1 Å². The molecule has 2 aromatic carbocycles. The maximum absolute atomic E-state index is 11.2. The summed E-state index contributed by atoms with van der Waals surface area (Å²) in [6.07, 6.45) is 1.45. The molecule has 0 saturated carbocycles. The van der Waals surface area contributed by atoms with E-state index in [-0.39, 0.29) is 12.5 Å². The van der Waals surface area contributed by atoms with Crippen molar-refractivity contribution in [2.75, 3.05) is 5.75 Å². The van der Waals surface area contributed by atoms with Crippen LogP contribution in [0.3, 0.4) is 0 Å². The lowest BCUT2D eigenvalue weighted by Gasteiger charge is -2.12. The highest BCUT2D eigenvalue weighted by molar-refractivity contribution is 8.15. The predicted molar refractivity (Wildman–Crippen MR) is 113 cm³/mol. The third-order valence-electron chi connectivity index (χ3n) is 3.36. The van der Waals surface area contributed by atoms with E-state index in [1.807, 2.05) is 0 Å². The van der Waals surface area contributed by atoms with Gasteiger partial charge in [-0.05, 0) is 24.3 Å². The van der Waals surface area contributed by atoms with E-state index in [0.29, 0.717) is 42.3 Å². The second-order valence-electron chi connectivity index (χ2n) is 5.32. The summed E-state index contributed by atoms with van der Waals surface area (Å²) < 4.78 is 5.84. The van der Waals surface area contributed by atoms with Crippen LogP contribution in [0.4, 0.5) is 0 Å². The highest BCUT2D eigenvalue weighted by Crippen LogP contribution is 2.33. The fourth-order valence-electron chi connectivity index (χ4n) is 2.14. The van der Waals surface area contributed by atoms with Gasteiger partial charge in [0.25, 0.3) is 0 Å². The first-order valence-corrected chi connectivity index (χ1v) is 10.0. The molecule has 5 nitrogen and oxygen atoms in total. The van der Waals surface area contributed by atoms with E-state index in [1.165, 1.54) is 18.0 Å². The zero-order valence-corrected chi connectivity index (χ0v) is 17.3. The maximum atomic E-state index is 11.2. The third kappa shape index (κ3) is 5.53. The molecule has 1 aliphatic heterocycles. The van der Waals surface area contributed by atoms with Gasteiger partial charge >= 0.3 is 0 Å². The summed E-state index contributed by atoms with van der Waals surface area (Å²) in [4.78, 5) is 11.2. The van der Waals surface area contributed by atoms with Gasteiger partial charge in [-0.15, -0.1) is 5.10 Å². The molecule has 3 rings (SSSR count). The average Bonchev–Trinajstić information content (AvgIpc) is 3.01. The largest absolute Gasteiger partial charge is 0.487 e. The molecule has 1 saturated heterocycles. The normalized spacial score (nSPS) is 15.6. The molecule has 0 spiro atoms. The number of amidine groups is 1. The molecule has 10 heteroatoms. The zero-order chi connectivity index (χ0) is 19.4. The SMILES string of the molecule is O=C1CSC(=N/N=C\c2cc(Cl)cc(Cl)c2OCc2ccc(Cl)cc2Cl)N1. The number of halogens is 4. The van der Waals surface area contributed by atoms with Gasteiger partial charge in [0.05, 0.1) is 17.0 Å². The highest BCUT2D eigenvalue weighted by Gasteiger charge is 2.16. The number of carbonyl (C=O) groups excluding carboxylic acids is 1. The van der Waals surface area contributed by atoms with Crippen LogP contribution in [0.2, 0.25) is 20.1 Å². The molecular weight excluding hydrogens is 452 g/mol. The van der Waals surface area contributed by atoms with Gasteiger partial charge in [-0.25, -0.2) is 0 Å². The fourth-order valence-corrected chi connectivity index (χ4v) is 3.80. The Bertz CT molecular complexity index is 950. The van der Waals surface area contributed by atoms with Crippen molar-refractivity contribution in [3.63, 3.8) is 0 Å². The number of amides is 1. The Morgan fingerprint density at radius 3 is 2.59 bits per heavy atom. The van der Waals surface area contributed by atoms with E-state index in [0.717, 1.165) is 5.56 Å². The molecular formula is C17H11Cl4N3O2S. The lowest BCUT2D eigenvalue weighted by molar-refractivity contribution is -0.116. The van der Waals surface area contributed by atoms with Crippen molar-refractivity contribution >= 4 is 75.5 Å². The predicted octanol–water partition coefficient (Wildman–Crippen LogP) is 5.43. The Morgan fingerprint density at radius 1 is 1.11 bits per heavy atom. The standard InChI is InChI=1S/C17H11Cl4N3O2S/c18-11-2-1-9(13(20)4-11)7-26-16-10(3-12(19)5-14(16)21)6-22-24-17-23-15(25)8-27-17/h1-6H,7-8H2,(H,23,24,25)/b22-6-. The van der Waals surface area contributed by atoms with E-state index in [2.05, 4.69) is 15.5 Å². The number of thioether (sulfide) groups is 1. The molecule has 1 amide bonds. The van der Waals surface area contributed by atoms with E-state index in [9.17, 15) is 4.79 Å². The van der Waals surface area contributed by atoms with Crippen molar-refractivity contribution in [2.45, 2.75) is 6.61 Å². The number of rotatable bonds is 5. The summed E-state index contributed by atoms with van der Waals surface area (Å²) in [5, 5.41) is 12.7. The van der Waals surface area contributed by atoms with Gasteiger partial charge in [-0.3, -0.25) is 4.79 Å². The molecule has 27 heavy (non-hydrogen) atoms. The van der Waals surface area contributed by atoms with Crippen LogP contribution in [0, 0.1) is 0 Å². The first-order chi connectivity index (χ1) is 12.9. The Morgan fingerprint density at radius 2 is 1.89 bits per heavy atom. The van der Waals surface area contributed by atoms with Gasteiger partial charge in [-0.1, -0.05) is 64.2 Å². The fraction of sp³-hybridized carbons (Fsp3) is 0.118. The van der Waals surface area contributed by atoms with E-state index >= 15 is 0 Å². The van der Waals surface area contributed by atoms with Crippen LogP contribution in [0.5, 0.6) is 5.75 Å². The van der Waals surface area contributed by atoms with Crippen LogP contribution in [-0.2, 0) is 11.4 Å². The lowest BCUT2D eigenvalue weighted by atomic mass is 10.2. The molecule has 0 aromatic heterocycles. The molecule has 0 bridgehead atoms. The number of nitrogens with zero attached hydrogens (tertiary/aromatic N) is 2. The van der Waals surface area contributed by atoms with E-state index < -0.39 is 0 Å². The average molecular weight is 463 g/mol. The summed E-state index contributed by atoms with van der Waals surface area (Å²) >= 11 is 25.7. The minimum atomic E-state index is -0.108. The molecule has 140 valence electrons. The number of nitrogens with one attached hydrogen (secondary N) is 1. The van der Waals surface area contributed by atoms with Gasteiger partial charge in [0.15, 0.2) is 5.17 Å². The number of hydrogen-bond acceptors (Lipinski definition) is 5. The number of carbonyl (C=O) groups is 1. The van der Waals surface area contributed by atoms with Crippen LogP contribution < -0.4 is 10.1 Å². The molecule has 1 heterocycles. The second kappa shape index (κ2) is 9.17. The lowest BCUT2D eigenvalue weighted by Crippen LogP contribution is -2.19. The molecule has 0 radical (unpaired) electrons. The Hall–Kier alpha value is -1.44. The van der Waals surface area contributed by atoms with Gasteiger partial charge in [0.2, 0.25) is 5.91 Å². The number of benzene rings is 2. The van der Waals surface area contributed by atoms with Crippen molar-refractivity contribution in [2.24, 2.45) is 10.2 Å². The molecule has 1 N–H and O–H groups in total. The summed E-state index contributed by atoms with van der Waals surface area (Å²) in [5.41, 5.74) is 1.29. The quantitative estimate of drug-likeness (QED) is 0.475. The summed E-state index contributed by atoms with van der Waals surface area (Å²) in [5.74, 6) is 0.607. The van der Waals surface area contributed by atoms with Crippen LogP contribution in [0.25, 0.3) is 0 Å². The molecule has 1 aliphatic rings. The van der Waals surface area contributed by atoms with E-state index in [1.54, 1.807) is 30.3 Å². The van der Waals surface area contributed by atoms with Gasteiger partial charge in [0, 0.05) is 26.2 Å². The molecule has 0 aliphatic carbocycles. The van der Waals surface area contributed by atoms with Crippen molar-refractivity contribution in [1.29, 1.82) is 0 Å². The number of ether oxygens (including phenoxy) is 1. The summed E-state index contributed by atoms with van der Waals surface area (Å²) in [6.45, 7) is 0.179. The first-order valence-electron chi connectivity index (χ1n) is 7.52. The Labute approximate surface area is 179 Å². The van der Waals surface area contributed by atoms with Crippen molar-refractivity contribution < 1.29 is 9.53 Å². The minimum absolute atomic E-state index is 0.108. The summed E-state index contributed by atoms with van der Waals surface area (Å²) in [6, 6.07) is 8.35. The topological polar surface area (TPSA) is 63.0 Å². The molecule has 1 fully saturated rings. The number of hydrogen-bond donors (Lipinski definition) is 1. The van der Waals surface area contributed by atoms with Crippen molar-refractivity contribution in [1.82, 2.24) is 5.32 Å². The minimum Gasteiger partial charge on any atom is -0.487 e. The van der Waals surface area contributed by atoms with E-state index in [4.69, 9.17) is 51.1 Å². The van der Waals surface area contributed by atoms with Crippen LogP contribution >= 0.6 is 58.2 Å². The highest BCUT2D eigenvalue weighted by atomic mass is 35.5. The van der Waals surface area contributed by atoms with Crippen LogP contribution in [0.15, 0.2) is 40.5 Å². The van der Waals surface area contributed by atoms with Gasteiger partial charge in [-0.2, -0.15) is 5.10 Å². The summed E-state index contributed by atoms with van der Waals surface area (Å²) in [7, 11) is 0. The Kier molecular flexibility index (Phi) is 6.89. The second-order valence-corrected chi connectivity index (χ2v) is 7.97. The smallest absolute Gasteiger partial charge is 0.236 e. The van der Waals surface area contributed by atoms with Gasteiger partial charge in [0.1, 0.15) is 12.4 Å². The maximum Gasteiger partial charge on any atom is 0.236 e. The molecule has 0 atom stereocenters. The van der Waals surface area contributed by atoms with Crippen molar-refractivity contribution in [3.8, 4) is 5.75 Å². The zero-order valence-electron chi connectivity index (χ0n) is 13.5. The first kappa shape index (κ1) is 20.3. The van der Waals surface area contributed by atoms with Crippen LogP contribution in [-0.4, -0.2) is 23.0 Å². The Balaban J connectivity index is 1.81. The monoisotopic (exact) mass is 461 g/mol. The van der Waals surface area contributed by atoms with Crippen molar-refractivity contribution in [3.05, 3.63) is 61.5 Å². The molecule has 2 aromatic rings.